The number of esters is 1. The zero-order valence-electron chi connectivity index (χ0n) is 15.1. The van der Waals surface area contributed by atoms with Gasteiger partial charge < -0.3 is 18.8 Å². The van der Waals surface area contributed by atoms with Gasteiger partial charge in [0.05, 0.1) is 30.4 Å². The monoisotopic (exact) mass is 370 g/mol. The van der Waals surface area contributed by atoms with Crippen molar-refractivity contribution in [2.45, 2.75) is 32.1 Å². The summed E-state index contributed by atoms with van der Waals surface area (Å²) in [5.41, 5.74) is 0.318. The Bertz CT molecular complexity index is 561. The summed E-state index contributed by atoms with van der Waals surface area (Å²) in [5, 5.41) is 0. The molecule has 7 heteroatoms. The Morgan fingerprint density at radius 1 is 1.00 bits per heavy atom. The van der Waals surface area contributed by atoms with Crippen molar-refractivity contribution in [3.05, 3.63) is 23.8 Å². The Labute approximate surface area is 150 Å². The van der Waals surface area contributed by atoms with Crippen molar-refractivity contribution < 1.29 is 28.4 Å². The Kier molecular flexibility index (Phi) is 9.28. The molecule has 1 saturated carbocycles. The van der Waals surface area contributed by atoms with E-state index >= 15 is 0 Å². The van der Waals surface area contributed by atoms with Crippen molar-refractivity contribution in [3.63, 3.8) is 0 Å². The third kappa shape index (κ3) is 5.08. The summed E-state index contributed by atoms with van der Waals surface area (Å²) in [6.07, 6.45) is 4.95. The van der Waals surface area contributed by atoms with Crippen LogP contribution in [0.3, 0.4) is 0 Å². The fraction of sp³-hybridized carbons (Fsp3) is 0.556. The average molecular weight is 370 g/mol. The van der Waals surface area contributed by atoms with E-state index in [1.54, 1.807) is 18.2 Å². The molecule has 140 valence electrons. The minimum absolute atomic E-state index is 0.0123. The van der Waals surface area contributed by atoms with Gasteiger partial charge in [0.1, 0.15) is 23.0 Å². The van der Waals surface area contributed by atoms with Crippen LogP contribution in [-0.2, 0) is 14.1 Å². The molecule has 25 heavy (non-hydrogen) atoms. The predicted molar refractivity (Wildman–Crippen MR) is 97.7 cm³/mol. The van der Waals surface area contributed by atoms with Crippen LogP contribution in [0.15, 0.2) is 18.2 Å². The molecule has 6 nitrogen and oxygen atoms in total. The van der Waals surface area contributed by atoms with E-state index in [9.17, 15) is 9.59 Å². The van der Waals surface area contributed by atoms with Crippen molar-refractivity contribution in [1.29, 1.82) is 0 Å². The number of carbonyl (C=O) groups is 2. The number of rotatable bonds is 6. The van der Waals surface area contributed by atoms with E-state index in [1.165, 1.54) is 21.3 Å². The first-order chi connectivity index (χ1) is 12.1. The van der Waals surface area contributed by atoms with Crippen LogP contribution in [0.2, 0.25) is 0 Å². The molecule has 1 aliphatic rings. The quantitative estimate of drug-likeness (QED) is 0.331. The molecule has 0 saturated heterocycles. The zero-order valence-corrected chi connectivity index (χ0v) is 16.5. The van der Waals surface area contributed by atoms with Crippen molar-refractivity contribution in [2.24, 2.45) is 11.8 Å². The second-order valence-electron chi connectivity index (χ2n) is 5.80. The fourth-order valence-electron chi connectivity index (χ4n) is 3.36. The highest BCUT2D eigenvalue weighted by Crippen LogP contribution is 2.37. The van der Waals surface area contributed by atoms with Gasteiger partial charge in [-0.25, -0.2) is 0 Å². The molecule has 2 atom stereocenters. The van der Waals surface area contributed by atoms with Gasteiger partial charge in [0, 0.05) is 0 Å². The highest BCUT2D eigenvalue weighted by atomic mass is 31.0. The summed E-state index contributed by atoms with van der Waals surface area (Å²) >= 11 is 0. The van der Waals surface area contributed by atoms with E-state index < -0.39 is 11.9 Å². The highest BCUT2D eigenvalue weighted by Gasteiger charge is 2.39. The molecule has 0 bridgehead atoms. The second-order valence-corrected chi connectivity index (χ2v) is 5.80. The number of benzene rings is 1. The third-order valence-corrected chi connectivity index (χ3v) is 4.53. The van der Waals surface area contributed by atoms with E-state index in [-0.39, 0.29) is 11.7 Å². The van der Waals surface area contributed by atoms with E-state index in [4.69, 9.17) is 18.8 Å². The second kappa shape index (κ2) is 10.9. The first-order valence-electron chi connectivity index (χ1n) is 8.26. The number of ether oxygens (including phenoxy) is 3. The van der Waals surface area contributed by atoms with Crippen molar-refractivity contribution >= 4 is 20.9 Å². The largest absolute Gasteiger partial charge is 0.496 e. The molecule has 0 radical (unpaired) electrons. The average Bonchev–Trinajstić information content (AvgIpc) is 2.69. The van der Waals surface area contributed by atoms with Crippen LogP contribution in [-0.4, -0.2) is 33.1 Å². The summed E-state index contributed by atoms with van der Waals surface area (Å²) in [7, 11) is 4.93. The Morgan fingerprint density at radius 3 is 1.96 bits per heavy atom. The van der Waals surface area contributed by atoms with E-state index in [0.29, 0.717) is 26.2 Å². The lowest BCUT2D eigenvalue weighted by Gasteiger charge is -2.28. The smallest absolute Gasteiger partial charge is 0.316 e. The van der Waals surface area contributed by atoms with Gasteiger partial charge in [-0.2, -0.15) is 0 Å². The van der Waals surface area contributed by atoms with Gasteiger partial charge >= 0.3 is 5.97 Å². The number of hydrogen-bond acceptors (Lipinski definition) is 6. The van der Waals surface area contributed by atoms with Crippen LogP contribution in [0, 0.1) is 11.8 Å². The Balaban J connectivity index is 0.00000151. The highest BCUT2D eigenvalue weighted by molar-refractivity contribution is 7.00. The Hall–Kier alpha value is -1.81. The molecule has 0 N–H and O–H groups in total. The lowest BCUT2D eigenvalue weighted by atomic mass is 9.76. The van der Waals surface area contributed by atoms with E-state index in [1.807, 2.05) is 0 Å². The fourth-order valence-corrected chi connectivity index (χ4v) is 3.36. The number of methoxy groups -OCH3 is 3. The first-order valence-corrected chi connectivity index (χ1v) is 8.83. The lowest BCUT2D eigenvalue weighted by molar-refractivity contribution is -0.145. The minimum atomic E-state index is -0.800. The van der Waals surface area contributed by atoms with Crippen LogP contribution in [0.5, 0.6) is 11.5 Å². The van der Waals surface area contributed by atoms with Gasteiger partial charge in [0.2, 0.25) is 0 Å². The summed E-state index contributed by atoms with van der Waals surface area (Å²) in [5.74, 6) is -0.713. The molecule has 1 aromatic carbocycles. The van der Waals surface area contributed by atoms with Crippen LogP contribution >= 0.6 is 9.12 Å². The molecular formula is C18H27O6P. The molecule has 0 aliphatic heterocycles. The normalized spacial score (nSPS) is 15.5. The van der Waals surface area contributed by atoms with E-state index in [0.717, 1.165) is 32.1 Å². The van der Waals surface area contributed by atoms with Crippen LogP contribution in [0.4, 0.5) is 0 Å². The molecule has 0 aromatic heterocycles. The van der Waals surface area contributed by atoms with Gasteiger partial charge in [0.25, 0.3) is 0 Å². The maximum atomic E-state index is 13.1. The number of ketones is 1. The first kappa shape index (κ1) is 21.2. The topological polar surface area (TPSA) is 78.9 Å². The van der Waals surface area contributed by atoms with Crippen molar-refractivity contribution in [2.75, 3.05) is 21.3 Å². The van der Waals surface area contributed by atoms with Crippen LogP contribution in [0.1, 0.15) is 42.5 Å². The standard InChI is InChI=1S/C18H24O5.H3OP/c1-21-13-10-7-11-14(22-2)16(13)17(19)15(18(20)23-3)12-8-5-4-6-9-12;1-2/h7,10-12,15H,4-6,8-9H2,1-3H3;2H3. The number of carbonyl (C=O) groups excluding carboxylic acids is 2. The number of hydrogen-bond donors (Lipinski definition) is 0. The lowest BCUT2D eigenvalue weighted by Crippen LogP contribution is -2.34. The van der Waals surface area contributed by atoms with Gasteiger partial charge in [-0.15, -0.1) is 0 Å². The van der Waals surface area contributed by atoms with Gasteiger partial charge in [-0.3, -0.25) is 9.59 Å². The summed E-state index contributed by atoms with van der Waals surface area (Å²) < 4.78 is 23.8. The van der Waals surface area contributed by atoms with Crippen LogP contribution in [0.25, 0.3) is 0 Å². The molecule has 1 fully saturated rings. The SMILES string of the molecule is COC(=O)C(C(=O)c1c(OC)cccc1OC)C1CCCCC1.O=[PH3]. The minimum Gasteiger partial charge on any atom is -0.496 e. The Morgan fingerprint density at radius 2 is 1.52 bits per heavy atom. The summed E-state index contributed by atoms with van der Waals surface area (Å²) in [4.78, 5) is 25.4. The molecule has 0 spiro atoms. The molecular weight excluding hydrogens is 343 g/mol. The number of Topliss-reactive ketones (excluding diaryl/α,β-unsaturated/α-hetero) is 1. The molecule has 1 aromatic rings. The molecule has 2 unspecified atom stereocenters. The maximum Gasteiger partial charge on any atom is 0.316 e. The molecule has 0 amide bonds. The summed E-state index contributed by atoms with van der Waals surface area (Å²) in [6, 6.07) is 5.15. The predicted octanol–water partition coefficient (Wildman–Crippen LogP) is 3.20. The van der Waals surface area contributed by atoms with Gasteiger partial charge in [-0.1, -0.05) is 25.3 Å². The van der Waals surface area contributed by atoms with Crippen molar-refractivity contribution in [1.82, 2.24) is 0 Å². The maximum absolute atomic E-state index is 13.1. The molecule has 1 aliphatic carbocycles. The van der Waals surface area contributed by atoms with Gasteiger partial charge in [-0.05, 0) is 30.9 Å². The van der Waals surface area contributed by atoms with Crippen molar-refractivity contribution in [3.8, 4) is 11.5 Å². The zero-order chi connectivity index (χ0) is 18.8. The third-order valence-electron chi connectivity index (χ3n) is 4.53. The van der Waals surface area contributed by atoms with Crippen LogP contribution < -0.4 is 9.47 Å². The van der Waals surface area contributed by atoms with Gasteiger partial charge in [0.15, 0.2) is 5.78 Å². The molecule has 0 heterocycles. The van der Waals surface area contributed by atoms with E-state index in [2.05, 4.69) is 0 Å². The summed E-state index contributed by atoms with van der Waals surface area (Å²) in [6.45, 7) is 0. The molecule has 2 rings (SSSR count).